The summed E-state index contributed by atoms with van der Waals surface area (Å²) in [6, 6.07) is 46.4. The molecule has 20 heteroatoms. The molecule has 3 aromatic heterocycles. The first-order valence-electron chi connectivity index (χ1n) is 25.0. The second-order valence-electron chi connectivity index (χ2n) is 17.9. The lowest BCUT2D eigenvalue weighted by atomic mass is 9.89. The molecule has 79 heavy (non-hydrogen) atoms. The topological polar surface area (TPSA) is 234 Å². The number of amides is 1. The van der Waals surface area contributed by atoms with Gasteiger partial charge in [0.25, 0.3) is 5.69 Å². The number of carbonyl (C=O) groups excluding carboxylic acids is 3. The van der Waals surface area contributed by atoms with Gasteiger partial charge in [0.1, 0.15) is 25.6 Å². The van der Waals surface area contributed by atoms with E-state index in [-0.39, 0.29) is 92.7 Å². The summed E-state index contributed by atoms with van der Waals surface area (Å²) in [5.41, 5.74) is 22.3. The molecule has 0 aliphatic rings. The number of nitro benzene ring substituents is 1. The average molecular weight is 1240 g/mol. The van der Waals surface area contributed by atoms with Gasteiger partial charge >= 0.3 is 18.2 Å². The number of carbonyl (C=O) groups is 3. The number of esters is 1. The van der Waals surface area contributed by atoms with Crippen molar-refractivity contribution in [2.45, 2.75) is 103 Å². The van der Waals surface area contributed by atoms with Gasteiger partial charge in [0.2, 0.25) is 0 Å². The molecule has 8 rings (SSSR count). The van der Waals surface area contributed by atoms with Gasteiger partial charge in [0.15, 0.2) is 0 Å². The minimum Gasteiger partial charge on any atom is -0.460 e. The molecule has 0 aliphatic carbocycles. The standard InChI is InChI=1S/C29H31N3O4S2.C18H24N2.C11H8N2O5S.CH4.HI/c33-28(35-18-26-16-30-20-37-26)15-24(13-22-7-3-1-4-8-22)11-12-25(14-23-9-5-2-6-10-23)32-29(34)36-19-27-17-31-21-38-27;19-17(13-15-7-3-1-4-8-15)11-12-18(20)14-16-9-5-2-6-10-16;14-11(17-6-10-5-12-7-19-10)18-9-3-1-8(2-4-9)13(15)16;;/h1-10,16-17,20-21,24-25H,11-15,18-19H2,(H,32,34);1-10,17-18H,11-14,19-20H2;1-5,7H,6H2;1H4;1H/t24-,25-;17-,18-;;;/m11.../s1. The maximum absolute atomic E-state index is 12.7. The SMILES string of the molecule is C.I.N[C@H](CC[C@@H](N)Cc1ccccc1)Cc1ccccc1.O=C(C[C@H](CC[C@H](Cc1ccccc1)NC(=O)OCc1cncs1)Cc1ccccc1)OCc1cncs1.O=C(OCc1cncs1)Oc1ccc([N+](=O)[O-])cc1. The highest BCUT2D eigenvalue weighted by molar-refractivity contribution is 14.0. The van der Waals surface area contributed by atoms with Gasteiger partial charge in [0.05, 0.1) is 36.1 Å². The van der Waals surface area contributed by atoms with E-state index in [0.29, 0.717) is 19.3 Å². The van der Waals surface area contributed by atoms with Crippen molar-refractivity contribution >= 4 is 81.9 Å². The Morgan fingerprint density at radius 3 is 1.39 bits per heavy atom. The highest BCUT2D eigenvalue weighted by Gasteiger charge is 2.21. The first-order chi connectivity index (χ1) is 37.5. The summed E-state index contributed by atoms with van der Waals surface area (Å²) < 4.78 is 20.6. The predicted molar refractivity (Wildman–Crippen MR) is 322 cm³/mol. The fourth-order valence-electron chi connectivity index (χ4n) is 7.87. The maximum atomic E-state index is 12.7. The third kappa shape index (κ3) is 26.5. The molecule has 0 bridgehead atoms. The van der Waals surface area contributed by atoms with Crippen molar-refractivity contribution in [2.75, 3.05) is 0 Å². The molecule has 8 aromatic rings. The monoisotopic (exact) mass is 1240 g/mol. The van der Waals surface area contributed by atoms with Crippen LogP contribution in [0.5, 0.6) is 5.75 Å². The van der Waals surface area contributed by atoms with Crippen molar-refractivity contribution < 1.29 is 38.3 Å². The molecule has 0 saturated carbocycles. The number of nitrogens with one attached hydrogen (secondary N) is 1. The number of nitro groups is 1. The van der Waals surface area contributed by atoms with Crippen molar-refractivity contribution in [2.24, 2.45) is 17.4 Å². The van der Waals surface area contributed by atoms with E-state index in [1.807, 2.05) is 48.5 Å². The van der Waals surface area contributed by atoms with Crippen LogP contribution in [0.1, 0.15) is 76.4 Å². The van der Waals surface area contributed by atoms with Gasteiger partial charge in [-0.05, 0) is 91.7 Å². The number of nitrogens with zero attached hydrogens (tertiary/aromatic N) is 4. The molecule has 4 atom stereocenters. The molecule has 3 heterocycles. The molecule has 0 unspecified atom stereocenters. The number of benzene rings is 5. The van der Waals surface area contributed by atoms with E-state index in [4.69, 9.17) is 30.4 Å². The largest absolute Gasteiger partial charge is 0.514 e. The fraction of sp³-hybridized carbons (Fsp3) is 0.288. The lowest BCUT2D eigenvalue weighted by molar-refractivity contribution is -0.384. The smallest absolute Gasteiger partial charge is 0.460 e. The van der Waals surface area contributed by atoms with Crippen LogP contribution < -0.4 is 21.5 Å². The minimum absolute atomic E-state index is 0. The summed E-state index contributed by atoms with van der Waals surface area (Å²) in [7, 11) is 0. The summed E-state index contributed by atoms with van der Waals surface area (Å²) in [4.78, 5) is 61.1. The number of aromatic nitrogens is 3. The number of rotatable bonds is 25. The first-order valence-corrected chi connectivity index (χ1v) is 27.6. The van der Waals surface area contributed by atoms with Crippen LogP contribution in [0.4, 0.5) is 15.3 Å². The Morgan fingerprint density at radius 2 is 0.962 bits per heavy atom. The third-order valence-corrected chi connectivity index (χ3v) is 14.0. The number of hydrogen-bond donors (Lipinski definition) is 3. The molecule has 0 aliphatic heterocycles. The Morgan fingerprint density at radius 1 is 0.544 bits per heavy atom. The van der Waals surface area contributed by atoms with E-state index >= 15 is 0 Å². The van der Waals surface area contributed by atoms with Gasteiger partial charge in [-0.2, -0.15) is 0 Å². The zero-order valence-corrected chi connectivity index (χ0v) is 47.6. The highest BCUT2D eigenvalue weighted by atomic mass is 127. The van der Waals surface area contributed by atoms with Crippen LogP contribution in [0.2, 0.25) is 0 Å². The first kappa shape index (κ1) is 64.6. The second kappa shape index (κ2) is 37.0. The number of nitrogens with two attached hydrogens (primary N) is 2. The molecule has 5 aromatic carbocycles. The van der Waals surface area contributed by atoms with Crippen molar-refractivity contribution in [3.05, 3.63) is 228 Å². The number of thiazole rings is 3. The molecular formula is C59H68IN7O9S3. The van der Waals surface area contributed by atoms with E-state index in [1.165, 1.54) is 75.0 Å². The molecule has 0 fully saturated rings. The molecule has 418 valence electrons. The molecule has 0 saturated heterocycles. The quantitative estimate of drug-likeness (QED) is 0.0121. The van der Waals surface area contributed by atoms with Crippen LogP contribution in [0.15, 0.2) is 181 Å². The minimum atomic E-state index is -0.873. The van der Waals surface area contributed by atoms with E-state index in [0.717, 1.165) is 58.7 Å². The summed E-state index contributed by atoms with van der Waals surface area (Å²) in [5, 5.41) is 13.5. The second-order valence-corrected chi connectivity index (χ2v) is 20.8. The lowest BCUT2D eigenvalue weighted by Crippen LogP contribution is -2.37. The summed E-state index contributed by atoms with van der Waals surface area (Å²) >= 11 is 4.27. The zero-order valence-electron chi connectivity index (χ0n) is 42.9. The Bertz CT molecular complexity index is 2740. The lowest BCUT2D eigenvalue weighted by Gasteiger charge is -2.22. The van der Waals surface area contributed by atoms with Crippen LogP contribution in [0.25, 0.3) is 0 Å². The van der Waals surface area contributed by atoms with Crippen molar-refractivity contribution in [1.29, 1.82) is 0 Å². The van der Waals surface area contributed by atoms with Gasteiger partial charge < -0.3 is 35.7 Å². The summed E-state index contributed by atoms with van der Waals surface area (Å²) in [5.74, 6) is 0.0235. The number of hydrogen-bond acceptors (Lipinski definition) is 17. The van der Waals surface area contributed by atoms with Gasteiger partial charge in [0, 0.05) is 55.3 Å². The van der Waals surface area contributed by atoms with E-state index in [2.05, 4.69) is 93.1 Å². The maximum Gasteiger partial charge on any atom is 0.514 e. The summed E-state index contributed by atoms with van der Waals surface area (Å²) in [6.07, 6.45) is 10.7. The number of halogens is 1. The van der Waals surface area contributed by atoms with Gasteiger partial charge in [-0.3, -0.25) is 29.9 Å². The normalized spacial score (nSPS) is 11.9. The highest BCUT2D eigenvalue weighted by Crippen LogP contribution is 2.23. The number of alkyl carbamates (subject to hydrolysis) is 1. The molecule has 1 amide bonds. The molecule has 0 spiro atoms. The number of ether oxygens (including phenoxy) is 4. The average Bonchev–Trinajstić information content (AvgIpc) is 4.29. The Labute approximate surface area is 491 Å². The molecule has 16 nitrogen and oxygen atoms in total. The van der Waals surface area contributed by atoms with Gasteiger partial charge in [-0.1, -0.05) is 129 Å². The summed E-state index contributed by atoms with van der Waals surface area (Å²) in [6.45, 7) is 0.513. The number of non-ortho nitro benzene ring substituents is 1. The van der Waals surface area contributed by atoms with Crippen molar-refractivity contribution in [1.82, 2.24) is 20.3 Å². The van der Waals surface area contributed by atoms with Crippen molar-refractivity contribution in [3.8, 4) is 5.75 Å². The van der Waals surface area contributed by atoms with Crippen LogP contribution in [0.3, 0.4) is 0 Å². The fourth-order valence-corrected chi connectivity index (χ4v) is 9.39. The zero-order chi connectivity index (χ0) is 54.3. The van der Waals surface area contributed by atoms with Crippen LogP contribution in [0, 0.1) is 16.0 Å². The van der Waals surface area contributed by atoms with Crippen LogP contribution in [-0.2, 0) is 64.5 Å². The van der Waals surface area contributed by atoms with Gasteiger partial charge in [-0.15, -0.1) is 58.0 Å². The molecule has 5 N–H and O–H groups in total. The molecular weight excluding hydrogens is 1170 g/mol. The Balaban J connectivity index is 0.000000277. The van der Waals surface area contributed by atoms with Crippen molar-refractivity contribution in [3.63, 3.8) is 0 Å². The van der Waals surface area contributed by atoms with E-state index < -0.39 is 17.2 Å². The molecule has 0 radical (unpaired) electrons. The van der Waals surface area contributed by atoms with Crippen LogP contribution in [-0.4, -0.2) is 56.2 Å². The van der Waals surface area contributed by atoms with E-state index in [9.17, 15) is 24.5 Å². The Kier molecular flexibility index (Phi) is 30.3. The Hall–Kier alpha value is -6.95. The third-order valence-electron chi connectivity index (χ3n) is 11.7. The van der Waals surface area contributed by atoms with Gasteiger partial charge in [-0.25, -0.2) is 9.59 Å². The predicted octanol–water partition coefficient (Wildman–Crippen LogP) is 13.1. The van der Waals surface area contributed by atoms with Crippen LogP contribution >= 0.6 is 58.0 Å². The van der Waals surface area contributed by atoms with E-state index in [1.54, 1.807) is 35.1 Å².